The van der Waals surface area contributed by atoms with Gasteiger partial charge in [0, 0.05) is 39.1 Å². The van der Waals surface area contributed by atoms with E-state index in [-0.39, 0.29) is 11.9 Å². The van der Waals surface area contributed by atoms with Gasteiger partial charge in [-0.05, 0) is 25.7 Å². The Labute approximate surface area is 102 Å². The number of rotatable bonds is 3. The largest absolute Gasteiger partial charge is 0.343 e. The minimum Gasteiger partial charge on any atom is -0.343 e. The molecule has 2 aliphatic heterocycles. The molecule has 0 aromatic rings. The van der Waals surface area contributed by atoms with Crippen LogP contribution in [0.4, 0.5) is 4.79 Å². The Kier molecular flexibility index (Phi) is 4.23. The minimum atomic E-state index is -0.0169. The van der Waals surface area contributed by atoms with Crippen molar-refractivity contribution < 1.29 is 9.59 Å². The molecule has 0 saturated carbocycles. The highest BCUT2D eigenvalue weighted by molar-refractivity contribution is 5.78. The molecule has 2 saturated heterocycles. The van der Waals surface area contributed by atoms with E-state index in [4.69, 9.17) is 0 Å². The number of carbonyl (C=O) groups excluding carboxylic acids is 2. The van der Waals surface area contributed by atoms with Crippen molar-refractivity contribution >= 4 is 11.9 Å². The highest BCUT2D eigenvalue weighted by Crippen LogP contribution is 2.09. The van der Waals surface area contributed by atoms with Gasteiger partial charge in [0.15, 0.2) is 0 Å². The Balaban J connectivity index is 1.61. The summed E-state index contributed by atoms with van der Waals surface area (Å²) >= 11 is 0. The summed E-state index contributed by atoms with van der Waals surface area (Å²) in [7, 11) is 0. The zero-order valence-electron chi connectivity index (χ0n) is 10.3. The lowest BCUT2D eigenvalue weighted by atomic mass is 10.3. The number of urea groups is 1. The second-order valence-electron chi connectivity index (χ2n) is 4.76. The van der Waals surface area contributed by atoms with Crippen LogP contribution in [0.3, 0.4) is 0 Å². The van der Waals surface area contributed by atoms with E-state index in [2.05, 4.69) is 5.32 Å². The maximum atomic E-state index is 11.7. The molecule has 96 valence electrons. The molecule has 2 fully saturated rings. The molecule has 0 spiro atoms. The second kappa shape index (κ2) is 5.89. The molecule has 0 aromatic carbocycles. The Morgan fingerprint density at radius 1 is 0.882 bits per heavy atom. The van der Waals surface area contributed by atoms with Crippen molar-refractivity contribution in [1.82, 2.24) is 15.1 Å². The number of nitrogens with one attached hydrogen (secondary N) is 1. The van der Waals surface area contributed by atoms with Crippen molar-refractivity contribution in [2.45, 2.75) is 32.1 Å². The molecule has 0 unspecified atom stereocenters. The van der Waals surface area contributed by atoms with Crippen LogP contribution in [0, 0.1) is 0 Å². The zero-order valence-corrected chi connectivity index (χ0v) is 10.3. The number of carbonyl (C=O) groups is 2. The molecular weight excluding hydrogens is 218 g/mol. The van der Waals surface area contributed by atoms with Crippen LogP contribution in [0.1, 0.15) is 32.1 Å². The number of hydrogen-bond acceptors (Lipinski definition) is 2. The van der Waals surface area contributed by atoms with Crippen molar-refractivity contribution in [3.05, 3.63) is 0 Å². The Morgan fingerprint density at radius 3 is 2.00 bits per heavy atom. The Hall–Kier alpha value is -1.26. The van der Waals surface area contributed by atoms with Crippen molar-refractivity contribution in [2.24, 2.45) is 0 Å². The van der Waals surface area contributed by atoms with E-state index in [1.165, 1.54) is 0 Å². The van der Waals surface area contributed by atoms with Crippen molar-refractivity contribution in [1.29, 1.82) is 0 Å². The van der Waals surface area contributed by atoms with Gasteiger partial charge in [0.05, 0.1) is 0 Å². The first-order chi connectivity index (χ1) is 8.27. The van der Waals surface area contributed by atoms with E-state index in [1.807, 2.05) is 9.80 Å². The van der Waals surface area contributed by atoms with Crippen molar-refractivity contribution in [3.8, 4) is 0 Å². The Bertz CT molecular complexity index is 253. The first-order valence-electron chi connectivity index (χ1n) is 6.58. The van der Waals surface area contributed by atoms with E-state index in [1.54, 1.807) is 0 Å². The van der Waals surface area contributed by atoms with E-state index >= 15 is 0 Å². The normalized spacial score (nSPS) is 19.8. The summed E-state index contributed by atoms with van der Waals surface area (Å²) in [6.07, 6.45) is 4.86. The maximum Gasteiger partial charge on any atom is 0.317 e. The Morgan fingerprint density at radius 2 is 1.41 bits per heavy atom. The van der Waals surface area contributed by atoms with E-state index in [0.717, 1.165) is 51.9 Å². The predicted molar refractivity (Wildman–Crippen MR) is 64.6 cm³/mol. The third kappa shape index (κ3) is 3.35. The van der Waals surface area contributed by atoms with Crippen LogP contribution in [0.25, 0.3) is 0 Å². The topological polar surface area (TPSA) is 52.7 Å². The highest BCUT2D eigenvalue weighted by atomic mass is 16.2. The molecule has 3 amide bonds. The SMILES string of the molecule is O=C(CCNC(=O)N1CCCC1)N1CCCC1. The smallest absolute Gasteiger partial charge is 0.317 e. The minimum absolute atomic E-state index is 0.0169. The van der Waals surface area contributed by atoms with E-state index < -0.39 is 0 Å². The molecular formula is C12H21N3O2. The van der Waals surface area contributed by atoms with E-state index in [0.29, 0.717) is 13.0 Å². The summed E-state index contributed by atoms with van der Waals surface area (Å²) in [5, 5.41) is 2.82. The summed E-state index contributed by atoms with van der Waals surface area (Å²) in [4.78, 5) is 27.1. The molecule has 2 aliphatic rings. The molecule has 17 heavy (non-hydrogen) atoms. The van der Waals surface area contributed by atoms with Crippen LogP contribution in [-0.2, 0) is 4.79 Å². The number of likely N-dealkylation sites (tertiary alicyclic amines) is 2. The fraction of sp³-hybridized carbons (Fsp3) is 0.833. The van der Waals surface area contributed by atoms with Gasteiger partial charge in [-0.25, -0.2) is 4.79 Å². The van der Waals surface area contributed by atoms with Crippen molar-refractivity contribution in [3.63, 3.8) is 0 Å². The van der Waals surface area contributed by atoms with E-state index in [9.17, 15) is 9.59 Å². The summed E-state index contributed by atoms with van der Waals surface area (Å²) < 4.78 is 0. The molecule has 0 radical (unpaired) electrons. The predicted octanol–water partition coefficient (Wildman–Crippen LogP) is 0.804. The first-order valence-corrected chi connectivity index (χ1v) is 6.58. The van der Waals surface area contributed by atoms with Crippen LogP contribution in [0.5, 0.6) is 0 Å². The number of nitrogens with zero attached hydrogens (tertiary/aromatic N) is 2. The van der Waals surface area contributed by atoms with Crippen LogP contribution in [0.15, 0.2) is 0 Å². The second-order valence-corrected chi connectivity index (χ2v) is 4.76. The molecule has 2 rings (SSSR count). The summed E-state index contributed by atoms with van der Waals surface area (Å²) in [6, 6.07) is -0.0169. The first kappa shape index (κ1) is 12.2. The third-order valence-electron chi connectivity index (χ3n) is 3.47. The summed E-state index contributed by atoms with van der Waals surface area (Å²) in [6.45, 7) is 3.94. The summed E-state index contributed by atoms with van der Waals surface area (Å²) in [5.74, 6) is 0.171. The third-order valence-corrected chi connectivity index (χ3v) is 3.47. The lowest BCUT2D eigenvalue weighted by Crippen LogP contribution is -2.40. The van der Waals surface area contributed by atoms with Crippen molar-refractivity contribution in [2.75, 3.05) is 32.7 Å². The molecule has 2 heterocycles. The maximum absolute atomic E-state index is 11.7. The lowest BCUT2D eigenvalue weighted by Gasteiger charge is -2.18. The average molecular weight is 239 g/mol. The lowest BCUT2D eigenvalue weighted by molar-refractivity contribution is -0.129. The number of amides is 3. The molecule has 0 aliphatic carbocycles. The van der Waals surface area contributed by atoms with Crippen LogP contribution < -0.4 is 5.32 Å². The monoisotopic (exact) mass is 239 g/mol. The van der Waals surface area contributed by atoms with Crippen LogP contribution in [0.2, 0.25) is 0 Å². The molecule has 0 bridgehead atoms. The fourth-order valence-corrected chi connectivity index (χ4v) is 2.43. The van der Waals surface area contributed by atoms with Crippen LogP contribution >= 0.6 is 0 Å². The highest BCUT2D eigenvalue weighted by Gasteiger charge is 2.19. The quantitative estimate of drug-likeness (QED) is 0.792. The van der Waals surface area contributed by atoms with Gasteiger partial charge >= 0.3 is 6.03 Å². The zero-order chi connectivity index (χ0) is 12.1. The van der Waals surface area contributed by atoms with Gasteiger partial charge in [0.1, 0.15) is 0 Å². The van der Waals surface area contributed by atoms with Gasteiger partial charge in [-0.2, -0.15) is 0 Å². The molecule has 0 atom stereocenters. The molecule has 5 nitrogen and oxygen atoms in total. The number of hydrogen-bond donors (Lipinski definition) is 1. The van der Waals surface area contributed by atoms with Gasteiger partial charge in [0.25, 0.3) is 0 Å². The van der Waals surface area contributed by atoms with Gasteiger partial charge in [0.2, 0.25) is 5.91 Å². The fourth-order valence-electron chi connectivity index (χ4n) is 2.43. The van der Waals surface area contributed by atoms with Gasteiger partial charge < -0.3 is 15.1 Å². The van der Waals surface area contributed by atoms with Gasteiger partial charge in [-0.15, -0.1) is 0 Å². The van der Waals surface area contributed by atoms with Gasteiger partial charge in [-0.3, -0.25) is 4.79 Å². The molecule has 1 N–H and O–H groups in total. The van der Waals surface area contributed by atoms with Gasteiger partial charge in [-0.1, -0.05) is 0 Å². The molecule has 0 aromatic heterocycles. The average Bonchev–Trinajstić information content (AvgIpc) is 3.02. The summed E-state index contributed by atoms with van der Waals surface area (Å²) in [5.41, 5.74) is 0. The molecule has 5 heteroatoms. The van der Waals surface area contributed by atoms with Crippen LogP contribution in [-0.4, -0.2) is 54.5 Å². The standard InChI is InChI=1S/C12H21N3O2/c16-11(14-7-1-2-8-14)5-6-13-12(17)15-9-3-4-10-15/h1-10H2,(H,13,17).